The van der Waals surface area contributed by atoms with Crippen LogP contribution in [0.5, 0.6) is 0 Å². The third kappa shape index (κ3) is 67.8. The van der Waals surface area contributed by atoms with Crippen LogP contribution in [0.1, 0.15) is 40.5 Å². The molecule has 0 aromatic heterocycles. The van der Waals surface area contributed by atoms with E-state index in [2.05, 4.69) is 6.92 Å². The van der Waals surface area contributed by atoms with Crippen LogP contribution in [0.2, 0.25) is 0 Å². The number of aliphatic hydroxyl groups is 2. The molecule has 0 bridgehead atoms. The normalized spacial score (nSPS) is 8.05. The molecule has 0 rings (SSSR count). The standard InChI is InChI=1S/C5H8O3.C5H7O2.C3H8O.O.Ti/c1-4(7)2-5(8)3-6;1-4(6)3-5(2)7;1-3(2)4;;/h6H,2-3H2,1H3;1,3H2,2H3;3-4H,1-2H3;;/q;-1;;;+1. The third-order valence-electron chi connectivity index (χ3n) is 1.07. The third-order valence-corrected chi connectivity index (χ3v) is 1.07. The second-order valence-electron chi connectivity index (χ2n) is 4.09. The topological polar surface area (TPSA) is 126 Å². The molecule has 0 radical (unpaired) electrons. The van der Waals surface area contributed by atoms with Crippen LogP contribution in [0.25, 0.3) is 0 Å². The molecule has 8 heteroatoms. The molecule has 0 amide bonds. The fourth-order valence-corrected chi connectivity index (χ4v) is 0.611. The van der Waals surface area contributed by atoms with Crippen molar-refractivity contribution in [3.05, 3.63) is 6.92 Å². The van der Waals surface area contributed by atoms with E-state index in [1.165, 1.54) is 13.8 Å². The summed E-state index contributed by atoms with van der Waals surface area (Å²) in [5, 5.41) is 16.1. The molecule has 0 aliphatic rings. The van der Waals surface area contributed by atoms with E-state index in [1.807, 2.05) is 0 Å². The summed E-state index contributed by atoms with van der Waals surface area (Å²) in [5.74, 6) is -1.06. The molecule has 121 valence electrons. The summed E-state index contributed by atoms with van der Waals surface area (Å²) in [6, 6.07) is 0. The Morgan fingerprint density at radius 2 is 1.29 bits per heavy atom. The Kier molecular flexibility index (Phi) is 28.6. The SMILES string of the molecule is CC(=O)CC(=O)CO.CC(C)O.[CH2-]C(=O)CC(C)=O.[O]=[Ti+]. The monoisotopic (exact) mass is 339 g/mol. The molecule has 0 spiro atoms. The number of carbonyl (C=O) groups excluding carboxylic acids is 4. The zero-order valence-electron chi connectivity index (χ0n) is 12.8. The molecule has 0 saturated heterocycles. The van der Waals surface area contributed by atoms with Gasteiger partial charge in [0.05, 0.1) is 6.42 Å². The van der Waals surface area contributed by atoms with E-state index in [1.54, 1.807) is 13.8 Å². The Morgan fingerprint density at radius 3 is 1.33 bits per heavy atom. The summed E-state index contributed by atoms with van der Waals surface area (Å²) in [5.41, 5.74) is 0. The van der Waals surface area contributed by atoms with Crippen molar-refractivity contribution in [3.8, 4) is 0 Å². The Labute approximate surface area is 136 Å². The molecule has 0 aliphatic heterocycles. The Hall–Kier alpha value is -1.02. The van der Waals surface area contributed by atoms with Crippen LogP contribution in [0.4, 0.5) is 0 Å². The van der Waals surface area contributed by atoms with Gasteiger partial charge >= 0.3 is 23.7 Å². The van der Waals surface area contributed by atoms with E-state index in [4.69, 9.17) is 13.5 Å². The van der Waals surface area contributed by atoms with Crippen LogP contribution in [0, 0.1) is 6.92 Å². The minimum absolute atomic E-state index is 0.0278. The van der Waals surface area contributed by atoms with Crippen molar-refractivity contribution in [2.45, 2.75) is 46.6 Å². The van der Waals surface area contributed by atoms with E-state index in [0.717, 1.165) is 20.4 Å². The number of hydrogen-bond acceptors (Lipinski definition) is 7. The van der Waals surface area contributed by atoms with E-state index < -0.39 is 12.4 Å². The van der Waals surface area contributed by atoms with Crippen LogP contribution in [0.3, 0.4) is 0 Å². The summed E-state index contributed by atoms with van der Waals surface area (Å²) in [7, 11) is 0. The van der Waals surface area contributed by atoms with E-state index in [9.17, 15) is 19.2 Å². The average Bonchev–Trinajstić information content (AvgIpc) is 2.28. The van der Waals surface area contributed by atoms with Crippen molar-refractivity contribution in [2.75, 3.05) is 6.61 Å². The predicted molar refractivity (Wildman–Crippen MR) is 71.1 cm³/mol. The quantitative estimate of drug-likeness (QED) is 0.415. The van der Waals surface area contributed by atoms with Gasteiger partial charge in [0.15, 0.2) is 5.78 Å². The summed E-state index contributed by atoms with van der Waals surface area (Å²) in [6.45, 7) is 8.61. The first kappa shape index (κ1) is 28.2. The fourth-order valence-electron chi connectivity index (χ4n) is 0.611. The predicted octanol–water partition coefficient (Wildman–Crippen LogP) is 0.161. The van der Waals surface area contributed by atoms with Crippen LogP contribution < -0.4 is 0 Å². The summed E-state index contributed by atoms with van der Waals surface area (Å²) in [6.07, 6.45) is -0.337. The van der Waals surface area contributed by atoms with Gasteiger partial charge < -0.3 is 21.9 Å². The molecule has 0 aromatic carbocycles. The number of rotatable bonds is 5. The summed E-state index contributed by atoms with van der Waals surface area (Å²) >= 11 is 0.750. The van der Waals surface area contributed by atoms with E-state index >= 15 is 0 Å². The number of aliphatic hydroxyl groups excluding tert-OH is 2. The Bertz CT molecular complexity index is 299. The molecular formula is C13H23O7Ti. The van der Waals surface area contributed by atoms with Gasteiger partial charge in [-0.25, -0.2) is 0 Å². The first-order valence-electron chi connectivity index (χ1n) is 5.87. The average molecular weight is 339 g/mol. The van der Waals surface area contributed by atoms with Gasteiger partial charge in [-0.3, -0.25) is 14.4 Å². The van der Waals surface area contributed by atoms with Gasteiger partial charge in [0.25, 0.3) is 0 Å². The summed E-state index contributed by atoms with van der Waals surface area (Å²) < 4.78 is 8.25. The van der Waals surface area contributed by atoms with Crippen LogP contribution in [-0.4, -0.2) is 46.1 Å². The minimum atomic E-state index is -0.528. The van der Waals surface area contributed by atoms with Gasteiger partial charge in [0.2, 0.25) is 0 Å². The van der Waals surface area contributed by atoms with Gasteiger partial charge in [-0.1, -0.05) is 0 Å². The first-order valence-corrected chi connectivity index (χ1v) is 6.51. The van der Waals surface area contributed by atoms with Gasteiger partial charge in [-0.15, -0.1) is 0 Å². The molecule has 21 heavy (non-hydrogen) atoms. The van der Waals surface area contributed by atoms with E-state index in [0.29, 0.717) is 0 Å². The Morgan fingerprint density at radius 1 is 1.00 bits per heavy atom. The maximum atomic E-state index is 10.2. The molecule has 0 unspecified atom stereocenters. The van der Waals surface area contributed by atoms with Crippen molar-refractivity contribution in [1.82, 2.24) is 0 Å². The second kappa shape index (κ2) is 21.3. The van der Waals surface area contributed by atoms with Crippen molar-refractivity contribution >= 4 is 23.1 Å². The second-order valence-corrected chi connectivity index (χ2v) is 4.09. The molecule has 0 aliphatic carbocycles. The molecule has 7 nitrogen and oxygen atoms in total. The van der Waals surface area contributed by atoms with Crippen LogP contribution >= 0.6 is 0 Å². The summed E-state index contributed by atoms with van der Waals surface area (Å²) in [4.78, 5) is 40.1. The number of hydrogen-bond donors (Lipinski definition) is 2. The van der Waals surface area contributed by atoms with E-state index in [-0.39, 0.29) is 36.3 Å². The number of Topliss-reactive ketones (excluding diaryl/α,β-unsaturated/α-hetero) is 4. The van der Waals surface area contributed by atoms with Crippen molar-refractivity contribution in [1.29, 1.82) is 0 Å². The molecule has 0 atom stereocenters. The van der Waals surface area contributed by atoms with Gasteiger partial charge in [-0.2, -0.15) is 0 Å². The van der Waals surface area contributed by atoms with Gasteiger partial charge in [0.1, 0.15) is 18.2 Å². The first-order chi connectivity index (χ1) is 9.52. The zero-order chi connectivity index (χ0) is 18.0. The molecule has 0 fully saturated rings. The molecule has 0 aromatic rings. The Balaban J connectivity index is -0.000000102. The number of ketones is 4. The number of carbonyl (C=O) groups is 4. The van der Waals surface area contributed by atoms with Crippen molar-refractivity contribution < 1.29 is 53.1 Å². The van der Waals surface area contributed by atoms with Gasteiger partial charge in [0, 0.05) is 18.3 Å². The molecule has 0 saturated carbocycles. The fraction of sp³-hybridized carbons (Fsp3) is 0.615. The van der Waals surface area contributed by atoms with Crippen molar-refractivity contribution in [3.63, 3.8) is 0 Å². The van der Waals surface area contributed by atoms with Gasteiger partial charge in [-0.05, 0) is 27.7 Å². The van der Waals surface area contributed by atoms with Crippen molar-refractivity contribution in [2.24, 2.45) is 0 Å². The maximum absolute atomic E-state index is 10.2. The zero-order valence-corrected chi connectivity index (χ0v) is 14.4. The molecular weight excluding hydrogens is 316 g/mol. The van der Waals surface area contributed by atoms with Crippen LogP contribution in [0.15, 0.2) is 0 Å². The molecule has 2 N–H and O–H groups in total. The molecule has 0 heterocycles. The van der Waals surface area contributed by atoms with Crippen LogP contribution in [-0.2, 0) is 42.9 Å².